The lowest BCUT2D eigenvalue weighted by Crippen LogP contribution is -1.98. The number of rotatable bonds is 2. The molecule has 0 saturated heterocycles. The van der Waals surface area contributed by atoms with Crippen LogP contribution in [0.4, 0.5) is 0 Å². The molecule has 80 valence electrons. The molecule has 0 aliphatic heterocycles. The molecule has 0 aromatic carbocycles. The normalized spacial score (nSPS) is 10.1. The topological polar surface area (TPSA) is 51.6 Å². The van der Waals surface area contributed by atoms with Crippen LogP contribution in [0.5, 0.6) is 0 Å². The number of nitrogens with zero attached hydrogens (tertiary/aromatic N) is 4. The number of aryl methyl sites for hydroxylation is 2. The van der Waals surface area contributed by atoms with Gasteiger partial charge in [0.2, 0.25) is 0 Å². The summed E-state index contributed by atoms with van der Waals surface area (Å²) in [6.45, 7) is 7.50. The summed E-state index contributed by atoms with van der Waals surface area (Å²) in [5.74, 6) is 1.10. The molecule has 0 unspecified atom stereocenters. The summed E-state index contributed by atoms with van der Waals surface area (Å²) >= 11 is 0. The Balaban J connectivity index is 2.45. The van der Waals surface area contributed by atoms with Gasteiger partial charge in [-0.25, -0.2) is 19.9 Å². The Morgan fingerprint density at radius 1 is 1.00 bits per heavy atom. The highest BCUT2D eigenvalue weighted by Gasteiger charge is 2.05. The Morgan fingerprint density at radius 2 is 1.56 bits per heavy atom. The molecule has 4 nitrogen and oxygen atoms in total. The third kappa shape index (κ3) is 2.11. The van der Waals surface area contributed by atoms with Crippen molar-refractivity contribution in [3.63, 3.8) is 0 Å². The summed E-state index contributed by atoms with van der Waals surface area (Å²) in [5, 5.41) is 0. The van der Waals surface area contributed by atoms with Crippen LogP contribution in [0.1, 0.15) is 17.0 Å². The van der Waals surface area contributed by atoms with E-state index in [1.54, 1.807) is 18.5 Å². The minimum absolute atomic E-state index is 0.539. The van der Waals surface area contributed by atoms with Crippen LogP contribution in [-0.2, 0) is 0 Å². The molecule has 0 N–H and O–H groups in total. The zero-order valence-electron chi connectivity index (χ0n) is 9.31. The van der Waals surface area contributed by atoms with Crippen molar-refractivity contribution in [3.8, 4) is 11.6 Å². The number of aromatic nitrogens is 4. The van der Waals surface area contributed by atoms with E-state index in [1.807, 2.05) is 19.9 Å². The Kier molecular flexibility index (Phi) is 2.72. The second kappa shape index (κ2) is 4.18. The van der Waals surface area contributed by atoms with Gasteiger partial charge in [0.15, 0.2) is 11.6 Å². The van der Waals surface area contributed by atoms with Crippen LogP contribution in [0, 0.1) is 13.8 Å². The molecular formula is C12H12N4. The van der Waals surface area contributed by atoms with Gasteiger partial charge in [-0.1, -0.05) is 12.7 Å². The highest BCUT2D eigenvalue weighted by atomic mass is 15.0. The lowest BCUT2D eigenvalue weighted by molar-refractivity contribution is 1.02. The highest BCUT2D eigenvalue weighted by Crippen LogP contribution is 2.10. The molecule has 2 heterocycles. The highest BCUT2D eigenvalue weighted by molar-refractivity contribution is 5.48. The first-order chi connectivity index (χ1) is 7.69. The molecule has 16 heavy (non-hydrogen) atoms. The predicted molar refractivity (Wildman–Crippen MR) is 62.6 cm³/mol. The zero-order valence-corrected chi connectivity index (χ0v) is 9.31. The SMILES string of the molecule is C=Cc1cnc(-c2nc(C)cc(C)n2)nc1. The van der Waals surface area contributed by atoms with Crippen LogP contribution >= 0.6 is 0 Å². The van der Waals surface area contributed by atoms with Crippen molar-refractivity contribution in [2.75, 3.05) is 0 Å². The summed E-state index contributed by atoms with van der Waals surface area (Å²) in [6.07, 6.45) is 5.11. The number of hydrogen-bond donors (Lipinski definition) is 0. The van der Waals surface area contributed by atoms with Crippen molar-refractivity contribution in [1.29, 1.82) is 0 Å². The van der Waals surface area contributed by atoms with E-state index < -0.39 is 0 Å². The van der Waals surface area contributed by atoms with E-state index in [2.05, 4.69) is 26.5 Å². The van der Waals surface area contributed by atoms with Gasteiger partial charge in [-0.15, -0.1) is 0 Å². The van der Waals surface area contributed by atoms with Crippen molar-refractivity contribution < 1.29 is 0 Å². The molecule has 0 bridgehead atoms. The van der Waals surface area contributed by atoms with Gasteiger partial charge < -0.3 is 0 Å². The Labute approximate surface area is 94.1 Å². The van der Waals surface area contributed by atoms with Crippen molar-refractivity contribution in [2.45, 2.75) is 13.8 Å². The first-order valence-corrected chi connectivity index (χ1v) is 4.96. The van der Waals surface area contributed by atoms with E-state index in [1.165, 1.54) is 0 Å². The molecule has 0 aliphatic rings. The van der Waals surface area contributed by atoms with E-state index >= 15 is 0 Å². The molecule has 0 fully saturated rings. The average Bonchev–Trinajstić information content (AvgIpc) is 2.28. The molecule has 2 aromatic heterocycles. The van der Waals surface area contributed by atoms with Gasteiger partial charge in [0.1, 0.15) is 0 Å². The summed E-state index contributed by atoms with van der Waals surface area (Å²) < 4.78 is 0. The van der Waals surface area contributed by atoms with Gasteiger partial charge >= 0.3 is 0 Å². The lowest BCUT2D eigenvalue weighted by atomic mass is 10.3. The minimum atomic E-state index is 0.539. The molecule has 0 radical (unpaired) electrons. The third-order valence-corrected chi connectivity index (χ3v) is 2.09. The fourth-order valence-corrected chi connectivity index (χ4v) is 1.38. The minimum Gasteiger partial charge on any atom is -0.233 e. The molecule has 0 atom stereocenters. The fraction of sp³-hybridized carbons (Fsp3) is 0.167. The first-order valence-electron chi connectivity index (χ1n) is 4.96. The first kappa shape index (κ1) is 10.4. The van der Waals surface area contributed by atoms with Crippen LogP contribution in [0.25, 0.3) is 17.7 Å². The van der Waals surface area contributed by atoms with Crippen molar-refractivity contribution >= 4 is 6.08 Å². The number of hydrogen-bond acceptors (Lipinski definition) is 4. The van der Waals surface area contributed by atoms with Gasteiger partial charge in [-0.3, -0.25) is 0 Å². The molecule has 2 aromatic rings. The standard InChI is InChI=1S/C12H12N4/c1-4-10-6-13-11(14-7-10)12-15-8(2)5-9(3)16-12/h4-7H,1H2,2-3H3. The van der Waals surface area contributed by atoms with Crippen LogP contribution in [0.2, 0.25) is 0 Å². The maximum absolute atomic E-state index is 4.30. The maximum Gasteiger partial charge on any atom is 0.198 e. The Bertz CT molecular complexity index is 497. The predicted octanol–water partition coefficient (Wildman–Crippen LogP) is 2.19. The quantitative estimate of drug-likeness (QED) is 0.765. The van der Waals surface area contributed by atoms with E-state index in [-0.39, 0.29) is 0 Å². The summed E-state index contributed by atoms with van der Waals surface area (Å²) in [7, 11) is 0. The summed E-state index contributed by atoms with van der Waals surface area (Å²) in [6, 6.07) is 1.92. The average molecular weight is 212 g/mol. The van der Waals surface area contributed by atoms with Gasteiger partial charge in [0.25, 0.3) is 0 Å². The second-order valence-electron chi connectivity index (χ2n) is 3.52. The van der Waals surface area contributed by atoms with Gasteiger partial charge in [-0.2, -0.15) is 0 Å². The fourth-order valence-electron chi connectivity index (χ4n) is 1.38. The zero-order chi connectivity index (χ0) is 11.5. The van der Waals surface area contributed by atoms with Crippen molar-refractivity contribution in [3.05, 3.63) is 42.0 Å². The summed E-state index contributed by atoms with van der Waals surface area (Å²) in [4.78, 5) is 17.0. The molecule has 0 aliphatic carbocycles. The molecule has 0 amide bonds. The second-order valence-corrected chi connectivity index (χ2v) is 3.52. The van der Waals surface area contributed by atoms with E-state index in [4.69, 9.17) is 0 Å². The van der Waals surface area contributed by atoms with E-state index in [0.29, 0.717) is 11.6 Å². The lowest BCUT2D eigenvalue weighted by Gasteiger charge is -2.01. The van der Waals surface area contributed by atoms with Gasteiger partial charge in [-0.05, 0) is 19.9 Å². The largest absolute Gasteiger partial charge is 0.233 e. The van der Waals surface area contributed by atoms with Crippen LogP contribution in [0.3, 0.4) is 0 Å². The van der Waals surface area contributed by atoms with Crippen LogP contribution < -0.4 is 0 Å². The molecule has 0 saturated carbocycles. The van der Waals surface area contributed by atoms with E-state index in [9.17, 15) is 0 Å². The van der Waals surface area contributed by atoms with Gasteiger partial charge in [0, 0.05) is 29.3 Å². The van der Waals surface area contributed by atoms with Crippen molar-refractivity contribution in [2.24, 2.45) is 0 Å². The molecule has 0 spiro atoms. The Morgan fingerprint density at radius 3 is 2.06 bits per heavy atom. The summed E-state index contributed by atoms with van der Waals surface area (Å²) in [5.41, 5.74) is 2.71. The molecular weight excluding hydrogens is 200 g/mol. The monoisotopic (exact) mass is 212 g/mol. The van der Waals surface area contributed by atoms with Gasteiger partial charge in [0.05, 0.1) is 0 Å². The van der Waals surface area contributed by atoms with Crippen LogP contribution in [0.15, 0.2) is 25.0 Å². The van der Waals surface area contributed by atoms with Crippen LogP contribution in [-0.4, -0.2) is 19.9 Å². The van der Waals surface area contributed by atoms with E-state index in [0.717, 1.165) is 17.0 Å². The van der Waals surface area contributed by atoms with Crippen molar-refractivity contribution in [1.82, 2.24) is 19.9 Å². The molecule has 4 heteroatoms. The third-order valence-electron chi connectivity index (χ3n) is 2.09. The molecule has 2 rings (SSSR count). The maximum atomic E-state index is 4.30. The Hall–Kier alpha value is -2.10. The smallest absolute Gasteiger partial charge is 0.198 e.